The Morgan fingerprint density at radius 2 is 1.96 bits per heavy atom. The van der Waals surface area contributed by atoms with E-state index in [0.717, 1.165) is 23.6 Å². The first kappa shape index (κ1) is 20.3. The quantitative estimate of drug-likeness (QED) is 0.399. The fourth-order valence-electron chi connectivity index (χ4n) is 2.52. The lowest BCUT2D eigenvalue weighted by Crippen LogP contribution is -2.45. The van der Waals surface area contributed by atoms with Crippen molar-refractivity contribution in [1.82, 2.24) is 10.6 Å². The van der Waals surface area contributed by atoms with Gasteiger partial charge in [-0.15, -0.1) is 24.0 Å². The minimum Gasteiger partial charge on any atom is -0.486 e. The molecular formula is C19H23FIN3O2. The van der Waals surface area contributed by atoms with Gasteiger partial charge in [-0.2, -0.15) is 0 Å². The Morgan fingerprint density at radius 1 is 1.15 bits per heavy atom. The van der Waals surface area contributed by atoms with Crippen molar-refractivity contribution in [1.29, 1.82) is 0 Å². The Morgan fingerprint density at radius 3 is 2.73 bits per heavy atom. The van der Waals surface area contributed by atoms with Gasteiger partial charge in [0.2, 0.25) is 0 Å². The molecule has 1 unspecified atom stereocenters. The highest BCUT2D eigenvalue weighted by atomic mass is 127. The van der Waals surface area contributed by atoms with E-state index in [1.807, 2.05) is 37.3 Å². The zero-order chi connectivity index (χ0) is 17.5. The maximum atomic E-state index is 13.2. The predicted octanol–water partition coefficient (Wildman–Crippen LogP) is 3.34. The highest BCUT2D eigenvalue weighted by Crippen LogP contribution is 2.30. The lowest BCUT2D eigenvalue weighted by atomic mass is 10.2. The van der Waals surface area contributed by atoms with Gasteiger partial charge < -0.3 is 20.1 Å². The van der Waals surface area contributed by atoms with Crippen LogP contribution in [0.4, 0.5) is 4.39 Å². The largest absolute Gasteiger partial charge is 0.486 e. The van der Waals surface area contributed by atoms with Crippen molar-refractivity contribution in [2.45, 2.75) is 19.6 Å². The third-order valence-corrected chi connectivity index (χ3v) is 3.72. The van der Waals surface area contributed by atoms with Gasteiger partial charge in [0, 0.05) is 6.54 Å². The van der Waals surface area contributed by atoms with Crippen LogP contribution in [0.25, 0.3) is 0 Å². The second-order valence-corrected chi connectivity index (χ2v) is 5.70. The number of hydrogen-bond donors (Lipinski definition) is 2. The summed E-state index contributed by atoms with van der Waals surface area (Å²) in [5.41, 5.74) is 0.823. The number of nitrogens with one attached hydrogen (secondary N) is 2. The Bertz CT molecular complexity index is 742. The molecular weight excluding hydrogens is 448 g/mol. The first-order valence-electron chi connectivity index (χ1n) is 8.39. The number of halogens is 2. The minimum atomic E-state index is -0.253. The Labute approximate surface area is 170 Å². The molecule has 3 rings (SSSR count). The molecule has 2 N–H and O–H groups in total. The molecule has 1 aliphatic rings. The van der Waals surface area contributed by atoms with E-state index >= 15 is 0 Å². The van der Waals surface area contributed by atoms with E-state index in [4.69, 9.17) is 9.47 Å². The van der Waals surface area contributed by atoms with Gasteiger partial charge in [0.05, 0.1) is 13.1 Å². The van der Waals surface area contributed by atoms with Crippen LogP contribution in [-0.4, -0.2) is 31.8 Å². The molecule has 0 radical (unpaired) electrons. The summed E-state index contributed by atoms with van der Waals surface area (Å²) in [5.74, 6) is 1.93. The zero-order valence-electron chi connectivity index (χ0n) is 14.6. The molecule has 1 atom stereocenters. The van der Waals surface area contributed by atoms with Crippen LogP contribution in [0.15, 0.2) is 53.5 Å². The number of aliphatic imine (C=N–C) groups is 1. The number of ether oxygens (including phenoxy) is 2. The van der Waals surface area contributed by atoms with Crippen LogP contribution in [0.3, 0.4) is 0 Å². The number of nitrogens with zero attached hydrogens (tertiary/aromatic N) is 1. The summed E-state index contributed by atoms with van der Waals surface area (Å²) < 4.78 is 24.9. The van der Waals surface area contributed by atoms with E-state index in [1.165, 1.54) is 12.1 Å². The van der Waals surface area contributed by atoms with E-state index in [-0.39, 0.29) is 35.9 Å². The van der Waals surface area contributed by atoms with Crippen LogP contribution >= 0.6 is 24.0 Å². The topological polar surface area (TPSA) is 54.9 Å². The van der Waals surface area contributed by atoms with E-state index in [2.05, 4.69) is 15.6 Å². The average molecular weight is 471 g/mol. The molecule has 0 saturated carbocycles. The average Bonchev–Trinajstić information content (AvgIpc) is 2.64. The third kappa shape index (κ3) is 5.76. The Kier molecular flexibility index (Phi) is 7.96. The molecule has 2 aromatic carbocycles. The molecule has 1 heterocycles. The fourth-order valence-corrected chi connectivity index (χ4v) is 2.52. The molecule has 0 aliphatic carbocycles. The first-order chi connectivity index (χ1) is 12.2. The SMILES string of the molecule is CCNC(=NCc1cccc(F)c1)NCC1COc2ccccc2O1.I. The minimum absolute atomic E-state index is 0. The summed E-state index contributed by atoms with van der Waals surface area (Å²) in [5, 5.41) is 6.42. The molecule has 0 amide bonds. The number of hydrogen-bond acceptors (Lipinski definition) is 3. The van der Waals surface area contributed by atoms with Gasteiger partial charge >= 0.3 is 0 Å². The van der Waals surface area contributed by atoms with Crippen LogP contribution in [0.1, 0.15) is 12.5 Å². The van der Waals surface area contributed by atoms with Gasteiger partial charge in [0.25, 0.3) is 0 Å². The Balaban J connectivity index is 0.00000243. The molecule has 140 valence electrons. The van der Waals surface area contributed by atoms with Crippen molar-refractivity contribution in [3.05, 3.63) is 59.9 Å². The molecule has 0 spiro atoms. The van der Waals surface area contributed by atoms with Crippen molar-refractivity contribution in [3.63, 3.8) is 0 Å². The first-order valence-corrected chi connectivity index (χ1v) is 8.39. The molecule has 0 aromatic heterocycles. The summed E-state index contributed by atoms with van der Waals surface area (Å²) in [6.07, 6.45) is -0.104. The fraction of sp³-hybridized carbons (Fsp3) is 0.316. The molecule has 7 heteroatoms. The number of guanidine groups is 1. The van der Waals surface area contributed by atoms with Crippen LogP contribution in [0.2, 0.25) is 0 Å². The summed E-state index contributed by atoms with van der Waals surface area (Å²) in [6.45, 7) is 4.17. The standard InChI is InChI=1S/C19H22FN3O2.HI/c1-2-21-19(22-11-14-6-5-7-15(20)10-14)23-12-16-13-24-17-8-3-4-9-18(17)25-16;/h3-10,16H,2,11-13H2,1H3,(H2,21,22,23);1H. The van der Waals surface area contributed by atoms with Crippen molar-refractivity contribution in [2.75, 3.05) is 19.7 Å². The normalized spacial score (nSPS) is 15.8. The van der Waals surface area contributed by atoms with Crippen molar-refractivity contribution >= 4 is 29.9 Å². The van der Waals surface area contributed by atoms with Gasteiger partial charge in [-0.25, -0.2) is 9.38 Å². The zero-order valence-corrected chi connectivity index (χ0v) is 16.9. The molecule has 0 bridgehead atoms. The highest BCUT2D eigenvalue weighted by molar-refractivity contribution is 14.0. The van der Waals surface area contributed by atoms with Crippen molar-refractivity contribution in [3.8, 4) is 11.5 Å². The van der Waals surface area contributed by atoms with Gasteiger partial charge in [-0.05, 0) is 36.8 Å². The molecule has 2 aromatic rings. The summed E-state index contributed by atoms with van der Waals surface area (Å²) >= 11 is 0. The van der Waals surface area contributed by atoms with Crippen LogP contribution in [-0.2, 0) is 6.54 Å². The smallest absolute Gasteiger partial charge is 0.191 e. The highest BCUT2D eigenvalue weighted by Gasteiger charge is 2.20. The van der Waals surface area contributed by atoms with E-state index in [1.54, 1.807) is 6.07 Å². The van der Waals surface area contributed by atoms with Crippen LogP contribution < -0.4 is 20.1 Å². The van der Waals surface area contributed by atoms with Crippen LogP contribution in [0.5, 0.6) is 11.5 Å². The molecule has 1 aliphatic heterocycles. The number of rotatable bonds is 5. The number of benzene rings is 2. The van der Waals surface area contributed by atoms with Gasteiger partial charge in [0.1, 0.15) is 18.5 Å². The van der Waals surface area contributed by atoms with E-state index in [9.17, 15) is 4.39 Å². The number of para-hydroxylation sites is 2. The van der Waals surface area contributed by atoms with Crippen LogP contribution in [0, 0.1) is 5.82 Å². The van der Waals surface area contributed by atoms with E-state index in [0.29, 0.717) is 25.7 Å². The van der Waals surface area contributed by atoms with E-state index < -0.39 is 0 Å². The Hall–Kier alpha value is -2.03. The maximum absolute atomic E-state index is 13.2. The second-order valence-electron chi connectivity index (χ2n) is 5.70. The third-order valence-electron chi connectivity index (χ3n) is 3.72. The predicted molar refractivity (Wildman–Crippen MR) is 111 cm³/mol. The molecule has 0 saturated heterocycles. The lowest BCUT2D eigenvalue weighted by molar-refractivity contribution is 0.0936. The van der Waals surface area contributed by atoms with Gasteiger partial charge in [-0.1, -0.05) is 24.3 Å². The maximum Gasteiger partial charge on any atom is 0.191 e. The summed E-state index contributed by atoms with van der Waals surface area (Å²) in [7, 11) is 0. The van der Waals surface area contributed by atoms with Gasteiger partial charge in [0.15, 0.2) is 17.5 Å². The van der Waals surface area contributed by atoms with Crippen molar-refractivity contribution in [2.24, 2.45) is 4.99 Å². The summed E-state index contributed by atoms with van der Waals surface area (Å²) in [4.78, 5) is 4.48. The lowest BCUT2D eigenvalue weighted by Gasteiger charge is -2.27. The summed E-state index contributed by atoms with van der Waals surface area (Å²) in [6, 6.07) is 14.1. The molecule has 26 heavy (non-hydrogen) atoms. The molecule has 5 nitrogen and oxygen atoms in total. The van der Waals surface area contributed by atoms with Crippen molar-refractivity contribution < 1.29 is 13.9 Å². The second kappa shape index (κ2) is 10.2. The van der Waals surface area contributed by atoms with Gasteiger partial charge in [-0.3, -0.25) is 0 Å². The molecule has 0 fully saturated rings. The number of fused-ring (bicyclic) bond motifs is 1. The monoisotopic (exact) mass is 471 g/mol.